The van der Waals surface area contributed by atoms with Gasteiger partial charge in [-0.1, -0.05) is 35.2 Å². The van der Waals surface area contributed by atoms with Crippen LogP contribution in [-0.4, -0.2) is 64.9 Å². The molecule has 1 aromatic carbocycles. The summed E-state index contributed by atoms with van der Waals surface area (Å²) in [5, 5.41) is 19.9. The van der Waals surface area contributed by atoms with Crippen LogP contribution in [0.3, 0.4) is 0 Å². The Kier molecular flexibility index (Phi) is 7.52. The van der Waals surface area contributed by atoms with Crippen molar-refractivity contribution >= 4 is 34.3 Å². The van der Waals surface area contributed by atoms with Gasteiger partial charge < -0.3 is 4.90 Å². The summed E-state index contributed by atoms with van der Waals surface area (Å²) in [6.45, 7) is 0.131. The number of hydrogen-bond acceptors (Lipinski definition) is 7. The van der Waals surface area contributed by atoms with E-state index < -0.39 is 12.7 Å². The number of halogens is 3. The summed E-state index contributed by atoms with van der Waals surface area (Å²) in [5.41, 5.74) is 1.63. The molecule has 1 aliphatic rings. The summed E-state index contributed by atoms with van der Waals surface area (Å²) in [5.74, 6) is 0.648. The molecule has 1 fully saturated rings. The Morgan fingerprint density at radius 1 is 1.20 bits per heavy atom. The predicted molar refractivity (Wildman–Crippen MR) is 108 cm³/mol. The molecule has 7 nitrogen and oxygen atoms in total. The highest BCUT2D eigenvalue weighted by molar-refractivity contribution is 8.00. The third kappa shape index (κ3) is 6.86. The Morgan fingerprint density at radius 2 is 1.97 bits per heavy atom. The number of thioether (sulfide) groups is 1. The Balaban J connectivity index is 1.47. The van der Waals surface area contributed by atoms with Gasteiger partial charge in [-0.3, -0.25) is 10.2 Å². The number of anilines is 1. The number of nitrogens with zero attached hydrogens (tertiary/aromatic N) is 5. The van der Waals surface area contributed by atoms with Crippen LogP contribution in [-0.2, 0) is 5.75 Å². The van der Waals surface area contributed by atoms with E-state index in [9.17, 15) is 18.0 Å². The van der Waals surface area contributed by atoms with E-state index in [4.69, 9.17) is 5.26 Å². The van der Waals surface area contributed by atoms with Gasteiger partial charge in [0.2, 0.25) is 5.13 Å². The van der Waals surface area contributed by atoms with Gasteiger partial charge in [0.25, 0.3) is 0 Å². The number of nitrogens with one attached hydrogen (secondary N) is 1. The quantitative estimate of drug-likeness (QED) is 0.544. The third-order valence-corrected chi connectivity index (χ3v) is 6.39. The van der Waals surface area contributed by atoms with E-state index in [1.165, 1.54) is 32.9 Å². The van der Waals surface area contributed by atoms with Gasteiger partial charge in [-0.05, 0) is 24.1 Å². The van der Waals surface area contributed by atoms with Gasteiger partial charge in [-0.25, -0.2) is 4.79 Å². The molecule has 3 rings (SSSR count). The molecule has 2 aromatic rings. The van der Waals surface area contributed by atoms with Gasteiger partial charge in [0.15, 0.2) is 4.34 Å². The van der Waals surface area contributed by atoms with Crippen molar-refractivity contribution in [3.63, 3.8) is 0 Å². The first-order chi connectivity index (χ1) is 14.3. The molecule has 0 atom stereocenters. The van der Waals surface area contributed by atoms with E-state index in [1.807, 2.05) is 12.1 Å². The molecule has 1 aliphatic heterocycles. The maximum atomic E-state index is 12.6. The van der Waals surface area contributed by atoms with E-state index in [-0.39, 0.29) is 19.1 Å². The molecule has 0 saturated carbocycles. The lowest BCUT2D eigenvalue weighted by atomic mass is 10.2. The minimum atomic E-state index is -4.24. The van der Waals surface area contributed by atoms with Crippen LogP contribution < -0.4 is 5.32 Å². The SMILES string of the molecule is N#Cc1ccc(CSc2nnc(NC(=O)N3CCCN(CC(F)(F)F)CC3)s2)cc1. The number of hydrogen-bond donors (Lipinski definition) is 1. The zero-order valence-corrected chi connectivity index (χ0v) is 17.5. The van der Waals surface area contributed by atoms with Gasteiger partial charge in [0.1, 0.15) is 0 Å². The highest BCUT2D eigenvalue weighted by atomic mass is 32.2. The van der Waals surface area contributed by atoms with Gasteiger partial charge in [-0.2, -0.15) is 18.4 Å². The first kappa shape index (κ1) is 22.3. The zero-order valence-electron chi connectivity index (χ0n) is 15.9. The topological polar surface area (TPSA) is 85.1 Å². The van der Waals surface area contributed by atoms with E-state index in [1.54, 1.807) is 12.1 Å². The first-order valence-corrected chi connectivity index (χ1v) is 10.9. The number of nitriles is 1. The van der Waals surface area contributed by atoms with Crippen molar-refractivity contribution in [2.45, 2.75) is 22.7 Å². The maximum absolute atomic E-state index is 12.6. The van der Waals surface area contributed by atoms with E-state index >= 15 is 0 Å². The molecule has 0 aliphatic carbocycles. The van der Waals surface area contributed by atoms with Crippen molar-refractivity contribution in [3.05, 3.63) is 35.4 Å². The second-order valence-corrected chi connectivity index (χ2v) is 8.83. The van der Waals surface area contributed by atoms with Crippen LogP contribution in [0.25, 0.3) is 0 Å². The standard InChI is InChI=1S/C18H19F3N6OS2/c19-18(20,21)12-26-6-1-7-27(9-8-26)16(28)23-15-24-25-17(30-15)29-11-14-4-2-13(10-22)3-5-14/h2-5H,1,6-9,11-12H2,(H,23,24,28). The van der Waals surface area contributed by atoms with E-state index in [2.05, 4.69) is 21.6 Å². The van der Waals surface area contributed by atoms with Crippen LogP contribution in [0.4, 0.5) is 23.1 Å². The third-order valence-electron chi connectivity index (χ3n) is 4.34. The molecule has 0 unspecified atom stereocenters. The summed E-state index contributed by atoms with van der Waals surface area (Å²) >= 11 is 2.70. The average Bonchev–Trinajstić information content (AvgIpc) is 3.02. The first-order valence-electron chi connectivity index (χ1n) is 9.13. The monoisotopic (exact) mass is 456 g/mol. The molecule has 160 valence electrons. The number of benzene rings is 1. The fourth-order valence-electron chi connectivity index (χ4n) is 2.90. The van der Waals surface area contributed by atoms with Gasteiger partial charge >= 0.3 is 12.2 Å². The lowest BCUT2D eigenvalue weighted by molar-refractivity contribution is -0.145. The molecule has 0 spiro atoms. The highest BCUT2D eigenvalue weighted by Crippen LogP contribution is 2.28. The van der Waals surface area contributed by atoms with Crippen molar-refractivity contribution < 1.29 is 18.0 Å². The smallest absolute Gasteiger partial charge is 0.323 e. The number of alkyl halides is 3. The normalized spacial score (nSPS) is 15.5. The number of carbonyl (C=O) groups excluding carboxylic acids is 1. The molecule has 1 N–H and O–H groups in total. The fraction of sp³-hybridized carbons (Fsp3) is 0.444. The summed E-state index contributed by atoms with van der Waals surface area (Å²) in [6.07, 6.45) is -3.76. The van der Waals surface area contributed by atoms with E-state index in [0.717, 1.165) is 5.56 Å². The van der Waals surface area contributed by atoms with Crippen molar-refractivity contribution in [1.29, 1.82) is 5.26 Å². The zero-order chi connectivity index (χ0) is 21.6. The van der Waals surface area contributed by atoms with Crippen molar-refractivity contribution in [2.75, 3.05) is 38.0 Å². The molecule has 2 heterocycles. The molecule has 1 aromatic heterocycles. The Bertz CT molecular complexity index is 897. The summed E-state index contributed by atoms with van der Waals surface area (Å²) in [4.78, 5) is 15.3. The molecular weight excluding hydrogens is 437 g/mol. The van der Waals surface area contributed by atoms with Gasteiger partial charge in [-0.15, -0.1) is 10.2 Å². The number of urea groups is 1. The van der Waals surface area contributed by atoms with Crippen LogP contribution >= 0.6 is 23.1 Å². The summed E-state index contributed by atoms with van der Waals surface area (Å²) in [7, 11) is 0. The van der Waals surface area contributed by atoms with Crippen LogP contribution in [0.2, 0.25) is 0 Å². The second kappa shape index (κ2) is 10.1. The van der Waals surface area contributed by atoms with Crippen LogP contribution in [0, 0.1) is 11.3 Å². The van der Waals surface area contributed by atoms with Crippen molar-refractivity contribution in [3.8, 4) is 6.07 Å². The van der Waals surface area contributed by atoms with Crippen LogP contribution in [0.5, 0.6) is 0 Å². The molecule has 12 heteroatoms. The van der Waals surface area contributed by atoms with Crippen LogP contribution in [0.15, 0.2) is 28.6 Å². The average molecular weight is 457 g/mol. The van der Waals surface area contributed by atoms with Gasteiger partial charge in [0, 0.05) is 31.9 Å². The molecular formula is C18H19F3N6OS2. The molecule has 0 radical (unpaired) electrons. The largest absolute Gasteiger partial charge is 0.401 e. The molecule has 0 bridgehead atoms. The van der Waals surface area contributed by atoms with Gasteiger partial charge in [0.05, 0.1) is 18.2 Å². The lowest BCUT2D eigenvalue weighted by Gasteiger charge is -2.22. The highest BCUT2D eigenvalue weighted by Gasteiger charge is 2.32. The van der Waals surface area contributed by atoms with Crippen LogP contribution in [0.1, 0.15) is 17.5 Å². The molecule has 30 heavy (non-hydrogen) atoms. The number of aromatic nitrogens is 2. The second-order valence-electron chi connectivity index (χ2n) is 6.63. The maximum Gasteiger partial charge on any atom is 0.401 e. The molecule has 2 amide bonds. The summed E-state index contributed by atoms with van der Waals surface area (Å²) < 4.78 is 38.4. The minimum Gasteiger partial charge on any atom is -0.323 e. The Hall–Kier alpha value is -2.36. The Morgan fingerprint density at radius 3 is 2.67 bits per heavy atom. The minimum absolute atomic E-state index is 0.175. The van der Waals surface area contributed by atoms with Crippen molar-refractivity contribution in [1.82, 2.24) is 20.0 Å². The Labute approximate surface area is 179 Å². The number of carbonyl (C=O) groups is 1. The number of rotatable bonds is 5. The predicted octanol–water partition coefficient (Wildman–Crippen LogP) is 3.80. The van der Waals surface area contributed by atoms with E-state index in [0.29, 0.717) is 40.3 Å². The summed E-state index contributed by atoms with van der Waals surface area (Å²) in [6, 6.07) is 8.92. The number of amides is 2. The van der Waals surface area contributed by atoms with Crippen molar-refractivity contribution in [2.24, 2.45) is 0 Å². The fourth-order valence-corrected chi connectivity index (χ4v) is 4.59. The molecule has 1 saturated heterocycles. The lowest BCUT2D eigenvalue weighted by Crippen LogP contribution is -2.40.